The Labute approximate surface area is 594 Å². The highest BCUT2D eigenvalue weighted by molar-refractivity contribution is 7.47. The third kappa shape index (κ3) is 72.2. The van der Waals surface area contributed by atoms with E-state index in [1.807, 2.05) is 0 Å². The Balaban J connectivity index is 5.18. The molecule has 0 rings (SSSR count). The van der Waals surface area contributed by atoms with Gasteiger partial charge in [-0.25, -0.2) is 9.13 Å². The number of ether oxygens (including phenoxy) is 4. The van der Waals surface area contributed by atoms with Crippen LogP contribution in [0.3, 0.4) is 0 Å². The van der Waals surface area contributed by atoms with Gasteiger partial charge >= 0.3 is 39.5 Å². The van der Waals surface area contributed by atoms with Gasteiger partial charge in [0.25, 0.3) is 0 Å². The van der Waals surface area contributed by atoms with Gasteiger partial charge in [-0.1, -0.05) is 368 Å². The van der Waals surface area contributed by atoms with E-state index in [9.17, 15) is 43.2 Å². The molecule has 0 saturated heterocycles. The van der Waals surface area contributed by atoms with Gasteiger partial charge in [0, 0.05) is 25.7 Å². The van der Waals surface area contributed by atoms with Crippen molar-refractivity contribution in [3.05, 3.63) is 0 Å². The average Bonchev–Trinajstić information content (AvgIpc) is 1.05. The van der Waals surface area contributed by atoms with Gasteiger partial charge in [0.05, 0.1) is 26.4 Å². The Morgan fingerprint density at radius 1 is 0.247 bits per heavy atom. The first-order chi connectivity index (χ1) is 47.2. The van der Waals surface area contributed by atoms with E-state index in [-0.39, 0.29) is 25.7 Å². The predicted molar refractivity (Wildman–Crippen MR) is 395 cm³/mol. The van der Waals surface area contributed by atoms with E-state index in [1.54, 1.807) is 0 Å². The van der Waals surface area contributed by atoms with Gasteiger partial charge in [0.15, 0.2) is 12.2 Å². The molecule has 17 nitrogen and oxygen atoms in total. The quantitative estimate of drug-likeness (QED) is 0.0222. The van der Waals surface area contributed by atoms with Crippen molar-refractivity contribution in [2.45, 2.75) is 438 Å². The molecular weight excluding hydrogens is 1270 g/mol. The SMILES string of the molecule is CCCCCCCCCCCCCCCCCCCCCCC(=O)O[C@H](COC(=O)CCCCCCCCCCCCCCCCCCCC)COP(=O)(O)OC[C@@H](O)COP(=O)(O)OC[C@@H](COC(=O)CCCCCCCCCC)OC(=O)CCCCCCCCCCCCC. The number of unbranched alkanes of at least 4 members (excludes halogenated alkanes) is 53. The maximum Gasteiger partial charge on any atom is 0.472 e. The highest BCUT2D eigenvalue weighted by Crippen LogP contribution is 2.45. The summed E-state index contributed by atoms with van der Waals surface area (Å²) in [6.07, 6.45) is 64.0. The van der Waals surface area contributed by atoms with Crippen LogP contribution in [0, 0.1) is 0 Å². The molecule has 0 heterocycles. The van der Waals surface area contributed by atoms with Gasteiger partial charge in [-0.2, -0.15) is 0 Å². The van der Waals surface area contributed by atoms with Crippen LogP contribution in [0.2, 0.25) is 0 Å². The van der Waals surface area contributed by atoms with Gasteiger partial charge in [-0.3, -0.25) is 37.3 Å². The summed E-state index contributed by atoms with van der Waals surface area (Å²) < 4.78 is 68.5. The Morgan fingerprint density at radius 2 is 0.412 bits per heavy atom. The number of carbonyl (C=O) groups is 4. The molecule has 0 aromatic heterocycles. The van der Waals surface area contributed by atoms with Crippen molar-refractivity contribution in [1.29, 1.82) is 0 Å². The lowest BCUT2D eigenvalue weighted by atomic mass is 10.0. The number of aliphatic hydroxyl groups excluding tert-OH is 1. The van der Waals surface area contributed by atoms with E-state index in [1.165, 1.54) is 244 Å². The van der Waals surface area contributed by atoms with Crippen molar-refractivity contribution in [1.82, 2.24) is 0 Å². The molecule has 576 valence electrons. The number of phosphoric acid groups is 2. The number of esters is 4. The summed E-state index contributed by atoms with van der Waals surface area (Å²) in [5.41, 5.74) is 0. The van der Waals surface area contributed by atoms with Crippen LogP contribution in [0.1, 0.15) is 419 Å². The first-order valence-electron chi connectivity index (χ1n) is 40.8. The van der Waals surface area contributed by atoms with Crippen molar-refractivity contribution >= 4 is 39.5 Å². The topological polar surface area (TPSA) is 237 Å². The number of rotatable bonds is 79. The second-order valence-corrected chi connectivity index (χ2v) is 31.0. The van der Waals surface area contributed by atoms with Gasteiger partial charge < -0.3 is 33.8 Å². The molecule has 2 unspecified atom stereocenters. The Hall–Kier alpha value is -1.94. The molecule has 0 aliphatic carbocycles. The third-order valence-corrected chi connectivity index (χ3v) is 20.3. The summed E-state index contributed by atoms with van der Waals surface area (Å²) in [6, 6.07) is 0. The standard InChI is InChI=1S/C78H152O17P2/c1-5-9-13-17-21-25-28-30-32-34-36-37-39-41-43-46-49-53-57-61-65-78(83)95-74(69-89-76(81)63-59-55-51-47-45-42-40-38-35-33-31-29-26-22-18-14-10-6-2)71-93-97(86,87)91-67-72(79)66-90-96(84,85)92-70-73(68-88-75(80)62-58-54-50-24-20-16-12-8-4)94-77(82)64-60-56-52-48-44-27-23-19-15-11-7-3/h72-74,79H,5-71H2,1-4H3,(H,84,85)(H,86,87)/t72-,73+,74+/m0/s1. The first-order valence-corrected chi connectivity index (χ1v) is 43.8. The second-order valence-electron chi connectivity index (χ2n) is 28.1. The van der Waals surface area contributed by atoms with E-state index in [0.29, 0.717) is 25.7 Å². The zero-order valence-electron chi connectivity index (χ0n) is 63.1. The lowest BCUT2D eigenvalue weighted by Gasteiger charge is -2.21. The molecule has 0 aromatic carbocycles. The van der Waals surface area contributed by atoms with Crippen molar-refractivity contribution < 1.29 is 80.2 Å². The van der Waals surface area contributed by atoms with Crippen LogP contribution in [0.25, 0.3) is 0 Å². The van der Waals surface area contributed by atoms with Gasteiger partial charge in [0.1, 0.15) is 19.3 Å². The zero-order valence-corrected chi connectivity index (χ0v) is 64.8. The summed E-state index contributed by atoms with van der Waals surface area (Å²) in [7, 11) is -9.91. The van der Waals surface area contributed by atoms with E-state index < -0.39 is 97.5 Å². The van der Waals surface area contributed by atoms with E-state index in [0.717, 1.165) is 96.3 Å². The summed E-state index contributed by atoms with van der Waals surface area (Å²) in [6.45, 7) is 4.97. The van der Waals surface area contributed by atoms with Crippen LogP contribution < -0.4 is 0 Å². The molecule has 0 saturated carbocycles. The summed E-state index contributed by atoms with van der Waals surface area (Å²) >= 11 is 0. The monoisotopic (exact) mass is 1420 g/mol. The Kier molecular flexibility index (Phi) is 71.0. The van der Waals surface area contributed by atoms with Crippen LogP contribution in [-0.2, 0) is 65.4 Å². The normalized spacial score (nSPS) is 13.8. The van der Waals surface area contributed by atoms with E-state index >= 15 is 0 Å². The van der Waals surface area contributed by atoms with Gasteiger partial charge in [0.2, 0.25) is 0 Å². The number of hydrogen-bond acceptors (Lipinski definition) is 15. The fourth-order valence-electron chi connectivity index (χ4n) is 12.1. The second kappa shape index (κ2) is 72.4. The minimum atomic E-state index is -4.96. The molecule has 0 spiro atoms. The highest BCUT2D eigenvalue weighted by Gasteiger charge is 2.30. The largest absolute Gasteiger partial charge is 0.472 e. The minimum Gasteiger partial charge on any atom is -0.462 e. The molecule has 0 aromatic rings. The molecule has 0 radical (unpaired) electrons. The van der Waals surface area contributed by atoms with Crippen LogP contribution in [-0.4, -0.2) is 96.7 Å². The number of hydrogen-bond donors (Lipinski definition) is 3. The molecule has 0 aliphatic rings. The van der Waals surface area contributed by atoms with Crippen LogP contribution in [0.4, 0.5) is 0 Å². The van der Waals surface area contributed by atoms with Crippen molar-refractivity contribution in [2.24, 2.45) is 0 Å². The summed E-state index contributed by atoms with van der Waals surface area (Å²) in [4.78, 5) is 72.8. The molecule has 5 atom stereocenters. The van der Waals surface area contributed by atoms with Gasteiger partial charge in [-0.15, -0.1) is 0 Å². The lowest BCUT2D eigenvalue weighted by Crippen LogP contribution is -2.30. The molecular formula is C78H152O17P2. The third-order valence-electron chi connectivity index (χ3n) is 18.4. The first kappa shape index (κ1) is 95.1. The minimum absolute atomic E-state index is 0.107. The van der Waals surface area contributed by atoms with Crippen LogP contribution >= 0.6 is 15.6 Å². The molecule has 0 bridgehead atoms. The van der Waals surface area contributed by atoms with Crippen LogP contribution in [0.15, 0.2) is 0 Å². The maximum atomic E-state index is 13.1. The van der Waals surface area contributed by atoms with Crippen LogP contribution in [0.5, 0.6) is 0 Å². The number of phosphoric ester groups is 2. The molecule has 19 heteroatoms. The highest BCUT2D eigenvalue weighted by atomic mass is 31.2. The lowest BCUT2D eigenvalue weighted by molar-refractivity contribution is -0.161. The fraction of sp³-hybridized carbons (Fsp3) is 0.949. The van der Waals surface area contributed by atoms with Gasteiger partial charge in [-0.05, 0) is 25.7 Å². The average molecular weight is 1420 g/mol. The van der Waals surface area contributed by atoms with E-state index in [2.05, 4.69) is 27.7 Å². The molecule has 0 fully saturated rings. The zero-order chi connectivity index (χ0) is 71.1. The van der Waals surface area contributed by atoms with Crippen molar-refractivity contribution in [3.63, 3.8) is 0 Å². The Morgan fingerprint density at radius 3 is 0.608 bits per heavy atom. The van der Waals surface area contributed by atoms with Crippen molar-refractivity contribution in [3.8, 4) is 0 Å². The predicted octanol–water partition coefficient (Wildman–Crippen LogP) is 23.4. The summed E-state index contributed by atoms with van der Waals surface area (Å²) in [5.74, 6) is -2.11. The molecule has 97 heavy (non-hydrogen) atoms. The fourth-order valence-corrected chi connectivity index (χ4v) is 13.7. The number of aliphatic hydroxyl groups is 1. The Bertz CT molecular complexity index is 1840. The van der Waals surface area contributed by atoms with Crippen molar-refractivity contribution in [2.75, 3.05) is 39.6 Å². The number of carbonyl (C=O) groups excluding carboxylic acids is 4. The molecule has 0 aliphatic heterocycles. The van der Waals surface area contributed by atoms with E-state index in [4.69, 9.17) is 37.0 Å². The summed E-state index contributed by atoms with van der Waals surface area (Å²) in [5, 5.41) is 10.6. The smallest absolute Gasteiger partial charge is 0.462 e. The molecule has 0 amide bonds. The maximum absolute atomic E-state index is 13.1. The molecule has 3 N–H and O–H groups in total.